The zero-order valence-electron chi connectivity index (χ0n) is 10.4. The van der Waals surface area contributed by atoms with Crippen LogP contribution in [0.4, 0.5) is 0 Å². The molecule has 0 aliphatic heterocycles. The summed E-state index contributed by atoms with van der Waals surface area (Å²) in [6.07, 6.45) is 5.56. The maximum Gasteiger partial charge on any atom is 0.247 e. The van der Waals surface area contributed by atoms with E-state index in [2.05, 4.69) is 5.32 Å². The van der Waals surface area contributed by atoms with E-state index in [4.69, 9.17) is 0 Å². The van der Waals surface area contributed by atoms with Gasteiger partial charge in [-0.15, -0.1) is 0 Å². The highest BCUT2D eigenvalue weighted by Crippen LogP contribution is 2.17. The number of allylic oxidation sites excluding steroid dienone is 1. The molecule has 1 aromatic carbocycles. The number of benzene rings is 1. The third-order valence-corrected chi connectivity index (χ3v) is 3.21. The highest BCUT2D eigenvalue weighted by Gasteiger charge is 2.17. The maximum atomic E-state index is 11.9. The van der Waals surface area contributed by atoms with Crippen LogP contribution in [0.25, 0.3) is 0 Å². The zero-order valence-corrected chi connectivity index (χ0v) is 10.4. The van der Waals surface area contributed by atoms with Gasteiger partial charge in [0.2, 0.25) is 5.91 Å². The van der Waals surface area contributed by atoms with E-state index in [0.29, 0.717) is 6.42 Å². The van der Waals surface area contributed by atoms with Gasteiger partial charge in [-0.3, -0.25) is 4.79 Å². The number of hydrogen-bond donors (Lipinski definition) is 2. The van der Waals surface area contributed by atoms with Gasteiger partial charge in [-0.2, -0.15) is 0 Å². The van der Waals surface area contributed by atoms with E-state index in [9.17, 15) is 9.90 Å². The first-order valence-electron chi connectivity index (χ1n) is 6.44. The number of carbonyl (C=O) groups is 1. The molecule has 0 fully saturated rings. The molecule has 2 rings (SSSR count). The van der Waals surface area contributed by atoms with Gasteiger partial charge in [0, 0.05) is 5.57 Å². The van der Waals surface area contributed by atoms with Gasteiger partial charge in [-0.25, -0.2) is 0 Å². The summed E-state index contributed by atoms with van der Waals surface area (Å²) in [5.41, 5.74) is 1.98. The van der Waals surface area contributed by atoms with Crippen molar-refractivity contribution < 1.29 is 9.90 Å². The van der Waals surface area contributed by atoms with Crippen molar-refractivity contribution in [2.24, 2.45) is 0 Å². The largest absolute Gasteiger partial charge is 0.394 e. The molecule has 3 heteroatoms. The Bertz CT molecular complexity index is 425. The number of hydrogen-bond acceptors (Lipinski definition) is 2. The molecular weight excluding hydrogens is 226 g/mol. The molecule has 0 spiro atoms. The predicted molar refractivity (Wildman–Crippen MR) is 71.1 cm³/mol. The lowest BCUT2D eigenvalue weighted by molar-refractivity contribution is -0.118. The van der Waals surface area contributed by atoms with Gasteiger partial charge in [0.05, 0.1) is 12.6 Å². The zero-order chi connectivity index (χ0) is 12.8. The van der Waals surface area contributed by atoms with Gasteiger partial charge in [0.15, 0.2) is 0 Å². The van der Waals surface area contributed by atoms with Gasteiger partial charge in [0.1, 0.15) is 0 Å². The number of aliphatic hydroxyl groups excluding tert-OH is 1. The average Bonchev–Trinajstić information content (AvgIpc) is 2.93. The summed E-state index contributed by atoms with van der Waals surface area (Å²) in [7, 11) is 0. The molecule has 3 nitrogen and oxygen atoms in total. The monoisotopic (exact) mass is 245 g/mol. The highest BCUT2D eigenvalue weighted by molar-refractivity contribution is 5.93. The Kier molecular flexibility index (Phi) is 4.53. The summed E-state index contributed by atoms with van der Waals surface area (Å²) in [5.74, 6) is -0.0255. The Labute approximate surface area is 108 Å². The normalized spacial score (nSPS) is 16.2. The van der Waals surface area contributed by atoms with Crippen LogP contribution in [0.2, 0.25) is 0 Å². The Morgan fingerprint density at radius 2 is 2.11 bits per heavy atom. The summed E-state index contributed by atoms with van der Waals surface area (Å²) in [6, 6.07) is 9.68. The molecule has 0 bridgehead atoms. The van der Waals surface area contributed by atoms with Crippen LogP contribution in [-0.2, 0) is 11.2 Å². The fraction of sp³-hybridized carbons (Fsp3) is 0.400. The van der Waals surface area contributed by atoms with Crippen molar-refractivity contribution in [2.45, 2.75) is 31.7 Å². The molecular formula is C15H19NO2. The van der Waals surface area contributed by atoms with Crippen LogP contribution >= 0.6 is 0 Å². The molecule has 0 radical (unpaired) electrons. The summed E-state index contributed by atoms with van der Waals surface area (Å²) in [6.45, 7) is -0.0338. The van der Waals surface area contributed by atoms with Gasteiger partial charge in [0.25, 0.3) is 0 Å². The van der Waals surface area contributed by atoms with Gasteiger partial charge >= 0.3 is 0 Å². The molecule has 1 amide bonds. The van der Waals surface area contributed by atoms with E-state index in [1.165, 1.54) is 0 Å². The Balaban J connectivity index is 1.91. The Morgan fingerprint density at radius 3 is 2.72 bits per heavy atom. The van der Waals surface area contributed by atoms with Crippen LogP contribution in [0.3, 0.4) is 0 Å². The second kappa shape index (κ2) is 6.36. The third-order valence-electron chi connectivity index (χ3n) is 3.21. The number of rotatable bonds is 5. The van der Waals surface area contributed by atoms with Crippen LogP contribution in [0.15, 0.2) is 42.0 Å². The number of carbonyl (C=O) groups excluding carboxylic acids is 1. The Morgan fingerprint density at radius 1 is 1.33 bits per heavy atom. The van der Waals surface area contributed by atoms with Crippen molar-refractivity contribution in [3.05, 3.63) is 47.5 Å². The molecule has 0 saturated carbocycles. The van der Waals surface area contributed by atoms with Crippen LogP contribution in [0.1, 0.15) is 24.8 Å². The molecule has 1 aliphatic rings. The first-order valence-corrected chi connectivity index (χ1v) is 6.44. The fourth-order valence-electron chi connectivity index (χ4n) is 2.22. The van der Waals surface area contributed by atoms with Crippen molar-refractivity contribution in [1.82, 2.24) is 5.32 Å². The average molecular weight is 245 g/mol. The van der Waals surface area contributed by atoms with Gasteiger partial charge in [-0.1, -0.05) is 36.4 Å². The van der Waals surface area contributed by atoms with E-state index in [0.717, 1.165) is 30.4 Å². The Hall–Kier alpha value is -1.61. The smallest absolute Gasteiger partial charge is 0.247 e. The topological polar surface area (TPSA) is 49.3 Å². The standard InChI is InChI=1S/C15H19NO2/c17-11-14(10-12-6-2-1-3-7-12)16-15(18)13-8-4-5-9-13/h1-3,6-8,14,17H,4-5,9-11H2,(H,16,18)/t14-/m1/s1. The molecule has 1 atom stereocenters. The molecule has 0 heterocycles. The number of nitrogens with one attached hydrogen (secondary N) is 1. The second-order valence-electron chi connectivity index (χ2n) is 4.66. The molecule has 1 aromatic rings. The highest BCUT2D eigenvalue weighted by atomic mass is 16.3. The van der Waals surface area contributed by atoms with Crippen LogP contribution in [0, 0.1) is 0 Å². The lowest BCUT2D eigenvalue weighted by atomic mass is 10.1. The van der Waals surface area contributed by atoms with Crippen molar-refractivity contribution >= 4 is 5.91 Å². The first kappa shape index (κ1) is 12.8. The molecule has 96 valence electrons. The summed E-state index contributed by atoms with van der Waals surface area (Å²) < 4.78 is 0. The van der Waals surface area contributed by atoms with Crippen molar-refractivity contribution in [3.63, 3.8) is 0 Å². The maximum absolute atomic E-state index is 11.9. The third kappa shape index (κ3) is 3.44. The second-order valence-corrected chi connectivity index (χ2v) is 4.66. The molecule has 0 unspecified atom stereocenters. The minimum Gasteiger partial charge on any atom is -0.394 e. The summed E-state index contributed by atoms with van der Waals surface area (Å²) in [4.78, 5) is 11.9. The first-order chi connectivity index (χ1) is 8.79. The van der Waals surface area contributed by atoms with Crippen LogP contribution in [0.5, 0.6) is 0 Å². The molecule has 0 saturated heterocycles. The SMILES string of the molecule is O=C(N[C@@H](CO)Cc1ccccc1)C1=CCCC1. The summed E-state index contributed by atoms with van der Waals surface area (Å²) in [5, 5.41) is 12.2. The lowest BCUT2D eigenvalue weighted by Crippen LogP contribution is -2.39. The minimum atomic E-state index is -0.207. The van der Waals surface area contributed by atoms with Crippen molar-refractivity contribution in [1.29, 1.82) is 0 Å². The number of amides is 1. The fourth-order valence-corrected chi connectivity index (χ4v) is 2.22. The summed E-state index contributed by atoms with van der Waals surface area (Å²) >= 11 is 0. The van der Waals surface area contributed by atoms with E-state index in [1.807, 2.05) is 36.4 Å². The molecule has 0 aromatic heterocycles. The van der Waals surface area contributed by atoms with Gasteiger partial charge < -0.3 is 10.4 Å². The van der Waals surface area contributed by atoms with E-state index in [-0.39, 0.29) is 18.6 Å². The van der Waals surface area contributed by atoms with Crippen LogP contribution in [-0.4, -0.2) is 23.7 Å². The lowest BCUT2D eigenvalue weighted by Gasteiger charge is -2.16. The predicted octanol–water partition coefficient (Wildman–Crippen LogP) is 1.82. The van der Waals surface area contributed by atoms with E-state index in [1.54, 1.807) is 0 Å². The molecule has 2 N–H and O–H groups in total. The van der Waals surface area contributed by atoms with Crippen LogP contribution < -0.4 is 5.32 Å². The van der Waals surface area contributed by atoms with Crippen molar-refractivity contribution in [3.8, 4) is 0 Å². The van der Waals surface area contributed by atoms with E-state index >= 15 is 0 Å². The number of aliphatic hydroxyl groups is 1. The molecule has 1 aliphatic carbocycles. The van der Waals surface area contributed by atoms with Gasteiger partial charge in [-0.05, 0) is 31.2 Å². The minimum absolute atomic E-state index is 0.0255. The quantitative estimate of drug-likeness (QED) is 0.831. The molecule has 18 heavy (non-hydrogen) atoms. The van der Waals surface area contributed by atoms with Crippen molar-refractivity contribution in [2.75, 3.05) is 6.61 Å². The van der Waals surface area contributed by atoms with E-state index < -0.39 is 0 Å².